The van der Waals surface area contributed by atoms with Gasteiger partial charge in [0.25, 0.3) is 0 Å². The highest BCUT2D eigenvalue weighted by atomic mass is 19.1. The normalized spacial score (nSPS) is 13.6. The molecule has 0 unspecified atom stereocenters. The molecule has 3 aromatic carbocycles. The smallest absolute Gasteiger partial charge is 0.230 e. The van der Waals surface area contributed by atoms with Gasteiger partial charge in [0.15, 0.2) is 0 Å². The molecule has 0 aromatic heterocycles. The maximum atomic E-state index is 13.4. The Labute approximate surface area is 200 Å². The molecule has 3 aromatic rings. The van der Waals surface area contributed by atoms with Gasteiger partial charge in [0, 0.05) is 18.2 Å². The van der Waals surface area contributed by atoms with Crippen molar-refractivity contribution in [2.24, 2.45) is 5.92 Å². The van der Waals surface area contributed by atoms with Crippen molar-refractivity contribution < 1.29 is 14.0 Å². The van der Waals surface area contributed by atoms with Crippen LogP contribution in [0.25, 0.3) is 0 Å². The Morgan fingerprint density at radius 3 is 2.35 bits per heavy atom. The van der Waals surface area contributed by atoms with Crippen molar-refractivity contribution in [2.75, 3.05) is 4.90 Å². The van der Waals surface area contributed by atoms with Gasteiger partial charge in [0.2, 0.25) is 11.8 Å². The Morgan fingerprint density at radius 2 is 1.62 bits per heavy atom. The van der Waals surface area contributed by atoms with Crippen molar-refractivity contribution in [3.8, 4) is 0 Å². The van der Waals surface area contributed by atoms with Crippen molar-refractivity contribution in [1.82, 2.24) is 5.32 Å². The number of aryl methyl sites for hydroxylation is 1. The number of nitrogens with one attached hydrogen (secondary N) is 1. The van der Waals surface area contributed by atoms with E-state index in [0.717, 1.165) is 53.6 Å². The Bertz CT molecular complexity index is 1140. The summed E-state index contributed by atoms with van der Waals surface area (Å²) < 4.78 is 13.4. The van der Waals surface area contributed by atoms with Crippen LogP contribution in [0.15, 0.2) is 72.8 Å². The van der Waals surface area contributed by atoms with Gasteiger partial charge in [0.05, 0.1) is 13.0 Å². The van der Waals surface area contributed by atoms with Crippen molar-refractivity contribution in [3.63, 3.8) is 0 Å². The maximum absolute atomic E-state index is 13.4. The van der Waals surface area contributed by atoms with Crippen LogP contribution < -0.4 is 10.2 Å². The molecule has 0 atom stereocenters. The average molecular weight is 459 g/mol. The SMILES string of the molecule is Cc1cccc(CNC(=O)Cc2cccc(N(Cc3ccc(F)cc3)C(=O)C3CCCC3)c2)c1. The molecule has 1 aliphatic carbocycles. The van der Waals surface area contributed by atoms with Crippen LogP contribution in [0.5, 0.6) is 0 Å². The number of hydrogen-bond acceptors (Lipinski definition) is 2. The van der Waals surface area contributed by atoms with Crippen LogP contribution in [0.3, 0.4) is 0 Å². The van der Waals surface area contributed by atoms with Gasteiger partial charge >= 0.3 is 0 Å². The lowest BCUT2D eigenvalue weighted by Gasteiger charge is -2.26. The van der Waals surface area contributed by atoms with Crippen LogP contribution in [0.4, 0.5) is 10.1 Å². The van der Waals surface area contributed by atoms with E-state index in [4.69, 9.17) is 0 Å². The zero-order valence-corrected chi connectivity index (χ0v) is 19.6. The van der Waals surface area contributed by atoms with Crippen LogP contribution in [0.1, 0.15) is 47.9 Å². The zero-order valence-electron chi connectivity index (χ0n) is 19.6. The summed E-state index contributed by atoms with van der Waals surface area (Å²) in [7, 11) is 0. The van der Waals surface area contributed by atoms with Gasteiger partial charge in [-0.05, 0) is 60.7 Å². The molecule has 0 bridgehead atoms. The molecule has 0 saturated heterocycles. The first-order chi connectivity index (χ1) is 16.5. The topological polar surface area (TPSA) is 49.4 Å². The third-order valence-corrected chi connectivity index (χ3v) is 6.38. The van der Waals surface area contributed by atoms with Gasteiger partial charge in [-0.15, -0.1) is 0 Å². The summed E-state index contributed by atoms with van der Waals surface area (Å²) in [5.41, 5.74) is 4.71. The summed E-state index contributed by atoms with van der Waals surface area (Å²) in [6.07, 6.45) is 4.19. The molecule has 1 N–H and O–H groups in total. The van der Waals surface area contributed by atoms with Crippen LogP contribution in [0, 0.1) is 18.7 Å². The number of anilines is 1. The van der Waals surface area contributed by atoms with Crippen molar-refractivity contribution in [1.29, 1.82) is 0 Å². The molecule has 4 nitrogen and oxygen atoms in total. The van der Waals surface area contributed by atoms with Crippen molar-refractivity contribution in [2.45, 2.75) is 52.1 Å². The highest BCUT2D eigenvalue weighted by molar-refractivity contribution is 5.95. The minimum atomic E-state index is -0.295. The highest BCUT2D eigenvalue weighted by Crippen LogP contribution is 2.30. The first kappa shape index (κ1) is 23.7. The Morgan fingerprint density at radius 1 is 0.912 bits per heavy atom. The molecule has 1 fully saturated rings. The molecule has 0 heterocycles. The molecule has 1 saturated carbocycles. The second-order valence-corrected chi connectivity index (χ2v) is 9.14. The van der Waals surface area contributed by atoms with E-state index >= 15 is 0 Å². The number of carbonyl (C=O) groups is 2. The van der Waals surface area contributed by atoms with Crippen LogP contribution in [-0.2, 0) is 29.1 Å². The monoisotopic (exact) mass is 458 g/mol. The number of benzene rings is 3. The molecule has 0 spiro atoms. The second-order valence-electron chi connectivity index (χ2n) is 9.14. The van der Waals surface area contributed by atoms with E-state index < -0.39 is 0 Å². The lowest BCUT2D eigenvalue weighted by atomic mass is 10.0. The summed E-state index contributed by atoms with van der Waals surface area (Å²) in [5.74, 6) is -0.244. The molecule has 176 valence electrons. The number of halogens is 1. The quantitative estimate of drug-likeness (QED) is 0.470. The van der Waals surface area contributed by atoms with Gasteiger partial charge in [0.1, 0.15) is 5.82 Å². The summed E-state index contributed by atoms with van der Waals surface area (Å²) in [4.78, 5) is 27.8. The second kappa shape index (κ2) is 11.1. The van der Waals surface area contributed by atoms with E-state index in [1.165, 1.54) is 12.1 Å². The summed E-state index contributed by atoms with van der Waals surface area (Å²) in [6, 6.07) is 22.0. The standard InChI is InChI=1S/C29H31FN2O2/c1-21-6-4-8-24(16-21)19-31-28(33)18-23-7-5-11-27(17-23)32(29(34)25-9-2-3-10-25)20-22-12-14-26(30)15-13-22/h4-8,11-17,25H,2-3,9-10,18-20H2,1H3,(H,31,33). The predicted octanol–water partition coefficient (Wildman–Crippen LogP) is 5.72. The molecular formula is C29H31FN2O2. The first-order valence-corrected chi connectivity index (χ1v) is 11.9. The summed E-state index contributed by atoms with van der Waals surface area (Å²) in [6.45, 7) is 2.89. The van der Waals surface area contributed by atoms with Crippen molar-refractivity contribution in [3.05, 3.63) is 101 Å². The zero-order chi connectivity index (χ0) is 23.9. The fraction of sp³-hybridized carbons (Fsp3) is 0.310. The van der Waals surface area contributed by atoms with Crippen LogP contribution in [-0.4, -0.2) is 11.8 Å². The number of amides is 2. The van der Waals surface area contributed by atoms with E-state index in [9.17, 15) is 14.0 Å². The minimum absolute atomic E-state index is 0.0155. The largest absolute Gasteiger partial charge is 0.352 e. The van der Waals surface area contributed by atoms with Gasteiger partial charge in [-0.2, -0.15) is 0 Å². The maximum Gasteiger partial charge on any atom is 0.230 e. The molecule has 0 radical (unpaired) electrons. The fourth-order valence-corrected chi connectivity index (χ4v) is 4.57. The van der Waals surface area contributed by atoms with E-state index in [1.807, 2.05) is 49.4 Å². The number of carbonyl (C=O) groups excluding carboxylic acids is 2. The summed E-state index contributed by atoms with van der Waals surface area (Å²) >= 11 is 0. The van der Waals surface area contributed by atoms with Crippen molar-refractivity contribution >= 4 is 17.5 Å². The predicted molar refractivity (Wildman–Crippen MR) is 133 cm³/mol. The number of hydrogen-bond donors (Lipinski definition) is 1. The third kappa shape index (κ3) is 6.31. The molecule has 34 heavy (non-hydrogen) atoms. The molecule has 2 amide bonds. The molecule has 4 rings (SSSR count). The fourth-order valence-electron chi connectivity index (χ4n) is 4.57. The van der Waals surface area contributed by atoms with E-state index in [0.29, 0.717) is 13.1 Å². The van der Waals surface area contributed by atoms with Gasteiger partial charge in [-0.1, -0.05) is 66.9 Å². The van der Waals surface area contributed by atoms with E-state index in [2.05, 4.69) is 11.4 Å². The molecule has 1 aliphatic rings. The Hall–Kier alpha value is -3.47. The summed E-state index contributed by atoms with van der Waals surface area (Å²) in [5, 5.41) is 2.98. The third-order valence-electron chi connectivity index (χ3n) is 6.38. The van der Waals surface area contributed by atoms with Gasteiger partial charge in [-0.25, -0.2) is 4.39 Å². The number of rotatable bonds is 8. The molecule has 0 aliphatic heterocycles. The van der Waals surface area contributed by atoms with Crippen LogP contribution >= 0.6 is 0 Å². The Balaban J connectivity index is 1.48. The lowest BCUT2D eigenvalue weighted by Crippen LogP contribution is -2.35. The van der Waals surface area contributed by atoms with E-state index in [1.54, 1.807) is 17.0 Å². The van der Waals surface area contributed by atoms with Gasteiger partial charge in [-0.3, -0.25) is 9.59 Å². The van der Waals surface area contributed by atoms with E-state index in [-0.39, 0.29) is 30.0 Å². The Kier molecular flexibility index (Phi) is 7.73. The number of nitrogens with zero attached hydrogens (tertiary/aromatic N) is 1. The first-order valence-electron chi connectivity index (χ1n) is 11.9. The molecular weight excluding hydrogens is 427 g/mol. The lowest BCUT2D eigenvalue weighted by molar-refractivity contribution is -0.122. The van der Waals surface area contributed by atoms with Gasteiger partial charge < -0.3 is 10.2 Å². The highest BCUT2D eigenvalue weighted by Gasteiger charge is 2.28. The molecule has 5 heteroatoms. The average Bonchev–Trinajstić information content (AvgIpc) is 3.37. The minimum Gasteiger partial charge on any atom is -0.352 e. The van der Waals surface area contributed by atoms with Crippen LogP contribution in [0.2, 0.25) is 0 Å².